The van der Waals surface area contributed by atoms with Gasteiger partial charge in [-0.3, -0.25) is 9.59 Å². The van der Waals surface area contributed by atoms with E-state index in [0.717, 1.165) is 6.07 Å². The fraction of sp³-hybridized carbons (Fsp3) is 0.130. The van der Waals surface area contributed by atoms with E-state index in [1.165, 1.54) is 56.5 Å². The van der Waals surface area contributed by atoms with E-state index >= 15 is 0 Å². The van der Waals surface area contributed by atoms with Crippen LogP contribution in [0, 0.1) is 0 Å². The molecule has 0 aliphatic carbocycles. The number of sulfone groups is 1. The first-order valence-electron chi connectivity index (χ1n) is 9.81. The number of aromatic hydroxyl groups is 1. The molecule has 3 rings (SSSR count). The summed E-state index contributed by atoms with van der Waals surface area (Å²) in [4.78, 5) is 25.0. The first kappa shape index (κ1) is 25.4. The third-order valence-electron chi connectivity index (χ3n) is 4.92. The Bertz CT molecular complexity index is 1330. The van der Waals surface area contributed by atoms with E-state index in [1.54, 1.807) is 12.1 Å². The van der Waals surface area contributed by atoms with Gasteiger partial charge in [-0.25, -0.2) is 8.42 Å². The smallest absolute Gasteiger partial charge is 0.255 e. The Morgan fingerprint density at radius 3 is 2.15 bits per heavy atom. The highest BCUT2D eigenvalue weighted by Gasteiger charge is 2.30. The molecule has 34 heavy (non-hydrogen) atoms. The molecule has 178 valence electrons. The summed E-state index contributed by atoms with van der Waals surface area (Å²) in [5, 5.41) is 14.2. The van der Waals surface area contributed by atoms with Crippen molar-refractivity contribution < 1.29 is 27.9 Å². The van der Waals surface area contributed by atoms with Crippen molar-refractivity contribution in [3.05, 3.63) is 76.3 Å². The summed E-state index contributed by atoms with van der Waals surface area (Å²) in [6.07, 6.45) is 0. The molecule has 0 radical (unpaired) electrons. The number of nitrogens with one attached hydrogen (secondary N) is 2. The van der Waals surface area contributed by atoms with E-state index in [2.05, 4.69) is 10.6 Å². The van der Waals surface area contributed by atoms with Gasteiger partial charge in [-0.15, -0.1) is 0 Å². The Balaban J connectivity index is 1.75. The van der Waals surface area contributed by atoms with Crippen LogP contribution in [0.25, 0.3) is 0 Å². The van der Waals surface area contributed by atoms with Gasteiger partial charge in [0.1, 0.15) is 16.7 Å². The molecule has 3 aromatic carbocycles. The van der Waals surface area contributed by atoms with E-state index in [4.69, 9.17) is 27.9 Å². The zero-order chi connectivity index (χ0) is 25.0. The second-order valence-electron chi connectivity index (χ2n) is 7.16. The van der Waals surface area contributed by atoms with Crippen molar-refractivity contribution in [2.24, 2.45) is 0 Å². The van der Waals surface area contributed by atoms with Crippen LogP contribution in [0.2, 0.25) is 10.0 Å². The summed E-state index contributed by atoms with van der Waals surface area (Å²) >= 11 is 12.0. The lowest BCUT2D eigenvalue weighted by Crippen LogP contribution is -2.32. The average Bonchev–Trinajstić information content (AvgIpc) is 2.82. The lowest BCUT2D eigenvalue weighted by molar-refractivity contribution is -0.115. The lowest BCUT2D eigenvalue weighted by atomic mass is 10.2. The highest BCUT2D eigenvalue weighted by atomic mass is 35.5. The highest BCUT2D eigenvalue weighted by molar-refractivity contribution is 7.92. The molecule has 0 fully saturated rings. The zero-order valence-corrected chi connectivity index (χ0v) is 20.3. The minimum Gasteiger partial charge on any atom is -0.506 e. The summed E-state index contributed by atoms with van der Waals surface area (Å²) in [5.74, 6) is -1.27. The van der Waals surface area contributed by atoms with Crippen molar-refractivity contribution in [3.63, 3.8) is 0 Å². The van der Waals surface area contributed by atoms with Crippen molar-refractivity contribution >= 4 is 56.2 Å². The molecular weight excluding hydrogens is 503 g/mol. The van der Waals surface area contributed by atoms with Crippen LogP contribution in [0.1, 0.15) is 17.3 Å². The molecule has 3 N–H and O–H groups in total. The topological polar surface area (TPSA) is 122 Å². The molecule has 0 heterocycles. The molecule has 0 aromatic heterocycles. The Morgan fingerprint density at radius 1 is 0.941 bits per heavy atom. The van der Waals surface area contributed by atoms with Gasteiger partial charge in [0.05, 0.1) is 28.4 Å². The van der Waals surface area contributed by atoms with E-state index in [-0.39, 0.29) is 27.0 Å². The second-order valence-corrected chi connectivity index (χ2v) is 10.3. The third kappa shape index (κ3) is 5.61. The molecule has 11 heteroatoms. The van der Waals surface area contributed by atoms with Crippen LogP contribution >= 0.6 is 23.2 Å². The molecular formula is C23H20Cl2N2O6S. The molecule has 2 amide bonds. The average molecular weight is 523 g/mol. The second kappa shape index (κ2) is 10.3. The molecule has 0 saturated heterocycles. The van der Waals surface area contributed by atoms with Gasteiger partial charge in [-0.1, -0.05) is 23.2 Å². The predicted octanol–water partition coefficient (Wildman–Crippen LogP) is 4.76. The number of rotatable bonds is 7. The summed E-state index contributed by atoms with van der Waals surface area (Å²) in [6.45, 7) is 1.24. The number of carbonyl (C=O) groups excluding carboxylic acids is 2. The van der Waals surface area contributed by atoms with Crippen LogP contribution in [-0.4, -0.2) is 37.7 Å². The molecule has 0 aliphatic rings. The zero-order valence-electron chi connectivity index (χ0n) is 18.0. The van der Waals surface area contributed by atoms with Crippen LogP contribution in [-0.2, 0) is 14.6 Å². The van der Waals surface area contributed by atoms with Crippen molar-refractivity contribution in [1.82, 2.24) is 0 Å². The van der Waals surface area contributed by atoms with Crippen LogP contribution in [0.4, 0.5) is 11.4 Å². The molecule has 1 atom stereocenters. The van der Waals surface area contributed by atoms with Gasteiger partial charge in [0.15, 0.2) is 9.84 Å². The molecule has 1 unspecified atom stereocenters. The summed E-state index contributed by atoms with van der Waals surface area (Å²) in [5.41, 5.74) is 0.280. The Labute approximate surface area is 206 Å². The van der Waals surface area contributed by atoms with Gasteiger partial charge < -0.3 is 20.5 Å². The third-order valence-corrected chi connectivity index (χ3v) is 7.56. The largest absolute Gasteiger partial charge is 0.506 e. The van der Waals surface area contributed by atoms with Gasteiger partial charge in [0.2, 0.25) is 5.91 Å². The lowest BCUT2D eigenvalue weighted by Gasteiger charge is -2.16. The molecule has 0 spiro atoms. The summed E-state index contributed by atoms with van der Waals surface area (Å²) in [7, 11) is -2.55. The SMILES string of the molecule is COc1ccc(S(=O)(=O)C(C)C(=O)Nc2cc(O)c(NC(=O)c3ccc(Cl)cc3)cc2Cl)cc1. The van der Waals surface area contributed by atoms with Crippen LogP contribution in [0.5, 0.6) is 11.5 Å². The standard InChI is InChI=1S/C23H20Cl2N2O6S/c1-13(34(31,32)17-9-7-16(33-2)8-10-17)22(29)26-19-12-21(28)20(11-18(19)25)27-23(30)14-3-5-15(24)6-4-14/h3-13,28H,1-2H3,(H,26,29)(H,27,30). The first-order valence-corrected chi connectivity index (χ1v) is 12.1. The van der Waals surface area contributed by atoms with E-state index in [9.17, 15) is 23.1 Å². The fourth-order valence-electron chi connectivity index (χ4n) is 2.90. The number of amides is 2. The minimum atomic E-state index is -4.00. The summed E-state index contributed by atoms with van der Waals surface area (Å²) in [6, 6.07) is 14.1. The maximum Gasteiger partial charge on any atom is 0.255 e. The van der Waals surface area contributed by atoms with Gasteiger partial charge in [-0.05, 0) is 61.5 Å². The molecule has 0 bridgehead atoms. The minimum absolute atomic E-state index is 0.00171. The number of phenols is 1. The van der Waals surface area contributed by atoms with E-state index in [0.29, 0.717) is 16.3 Å². The van der Waals surface area contributed by atoms with Crippen molar-refractivity contribution in [2.45, 2.75) is 17.1 Å². The van der Waals surface area contributed by atoms with Gasteiger partial charge >= 0.3 is 0 Å². The highest BCUT2D eigenvalue weighted by Crippen LogP contribution is 2.34. The van der Waals surface area contributed by atoms with Crippen molar-refractivity contribution in [2.75, 3.05) is 17.7 Å². The molecule has 0 saturated carbocycles. The predicted molar refractivity (Wildman–Crippen MR) is 131 cm³/mol. The van der Waals surface area contributed by atoms with Gasteiger partial charge in [0, 0.05) is 16.7 Å². The molecule has 3 aromatic rings. The maximum absolute atomic E-state index is 12.8. The van der Waals surface area contributed by atoms with E-state index in [1.807, 2.05) is 0 Å². The van der Waals surface area contributed by atoms with Gasteiger partial charge in [-0.2, -0.15) is 0 Å². The number of benzene rings is 3. The molecule has 8 nitrogen and oxygen atoms in total. The van der Waals surface area contributed by atoms with Crippen molar-refractivity contribution in [1.29, 1.82) is 0 Å². The number of hydrogen-bond donors (Lipinski definition) is 3. The fourth-order valence-corrected chi connectivity index (χ4v) is 4.50. The van der Waals surface area contributed by atoms with E-state index < -0.39 is 26.9 Å². The number of hydrogen-bond acceptors (Lipinski definition) is 6. The number of carbonyl (C=O) groups is 2. The quantitative estimate of drug-likeness (QED) is 0.384. The number of methoxy groups -OCH3 is 1. The summed E-state index contributed by atoms with van der Waals surface area (Å²) < 4.78 is 30.6. The van der Waals surface area contributed by atoms with Crippen LogP contribution in [0.15, 0.2) is 65.6 Å². The van der Waals surface area contributed by atoms with Crippen LogP contribution in [0.3, 0.4) is 0 Å². The molecule has 0 aliphatic heterocycles. The van der Waals surface area contributed by atoms with Crippen molar-refractivity contribution in [3.8, 4) is 11.5 Å². The Morgan fingerprint density at radius 2 is 1.56 bits per heavy atom. The Kier molecular flexibility index (Phi) is 7.71. The number of phenolic OH excluding ortho intramolecular Hbond substituents is 1. The number of halogens is 2. The Hall–Kier alpha value is -3.27. The maximum atomic E-state index is 12.8. The first-order chi connectivity index (χ1) is 16.0. The number of ether oxygens (including phenoxy) is 1. The monoisotopic (exact) mass is 522 g/mol. The van der Waals surface area contributed by atoms with Gasteiger partial charge in [0.25, 0.3) is 5.91 Å². The number of anilines is 2. The van der Waals surface area contributed by atoms with Crippen LogP contribution < -0.4 is 15.4 Å². The normalized spacial score (nSPS) is 12.0.